The molecular weight excluding hydrogens is 278 g/mol. The molecule has 0 saturated heterocycles. The number of nitrogens with one attached hydrogen (secondary N) is 1. The van der Waals surface area contributed by atoms with Crippen LogP contribution in [0.3, 0.4) is 0 Å². The van der Waals surface area contributed by atoms with E-state index in [9.17, 15) is 0 Å². The Balaban J connectivity index is 1.92. The van der Waals surface area contributed by atoms with Crippen molar-refractivity contribution < 1.29 is 0 Å². The number of hydrogen-bond acceptors (Lipinski definition) is 1. The largest absolute Gasteiger partial charge is 0.384 e. The summed E-state index contributed by atoms with van der Waals surface area (Å²) < 4.78 is 0. The fourth-order valence-corrected chi connectivity index (χ4v) is 2.63. The molecule has 21 heavy (non-hydrogen) atoms. The molecule has 112 valence electrons. The summed E-state index contributed by atoms with van der Waals surface area (Å²) in [6, 6.07) is 16.9. The van der Waals surface area contributed by atoms with E-state index in [0.717, 1.165) is 23.7 Å². The molecule has 0 saturated carbocycles. The summed E-state index contributed by atoms with van der Waals surface area (Å²) >= 11 is 6.00. The first-order valence-corrected chi connectivity index (χ1v) is 8.00. The second kappa shape index (κ2) is 7.51. The molecule has 2 heteroatoms. The smallest absolute Gasteiger partial charge is 0.0426 e. The van der Waals surface area contributed by atoms with Gasteiger partial charge in [0.05, 0.1) is 0 Å². The molecule has 1 atom stereocenters. The lowest BCUT2D eigenvalue weighted by Crippen LogP contribution is -2.09. The van der Waals surface area contributed by atoms with Crippen molar-refractivity contribution in [3.05, 3.63) is 64.7 Å². The van der Waals surface area contributed by atoms with Gasteiger partial charge in [-0.1, -0.05) is 62.7 Å². The van der Waals surface area contributed by atoms with Crippen LogP contribution < -0.4 is 5.32 Å². The van der Waals surface area contributed by atoms with Gasteiger partial charge in [-0.3, -0.25) is 0 Å². The zero-order chi connectivity index (χ0) is 15.2. The molecule has 0 aromatic heterocycles. The van der Waals surface area contributed by atoms with Crippen LogP contribution in [0.2, 0.25) is 5.02 Å². The maximum absolute atomic E-state index is 6.00. The standard InChI is InChI=1S/C19H24ClN/c1-14(2)11-16-7-9-17(10-8-16)15(3)13-21-19-6-4-5-18(20)12-19/h4-10,12,14-15,21H,11,13H2,1-3H3. The summed E-state index contributed by atoms with van der Waals surface area (Å²) in [6.07, 6.45) is 1.15. The molecule has 0 aliphatic carbocycles. The van der Waals surface area contributed by atoms with Gasteiger partial charge in [-0.15, -0.1) is 0 Å². The molecule has 0 radical (unpaired) electrons. The number of hydrogen-bond donors (Lipinski definition) is 1. The third-order valence-corrected chi connectivity index (χ3v) is 3.86. The van der Waals surface area contributed by atoms with Gasteiger partial charge in [-0.05, 0) is 47.6 Å². The van der Waals surface area contributed by atoms with E-state index in [-0.39, 0.29) is 0 Å². The first kappa shape index (κ1) is 15.9. The number of rotatable bonds is 6. The number of benzene rings is 2. The van der Waals surface area contributed by atoms with Crippen molar-refractivity contribution in [3.63, 3.8) is 0 Å². The van der Waals surface area contributed by atoms with Crippen LogP contribution in [0.5, 0.6) is 0 Å². The Bertz CT molecular complexity index is 560. The Hall–Kier alpha value is -1.47. The summed E-state index contributed by atoms with van der Waals surface area (Å²) in [5.74, 6) is 1.18. The molecule has 0 aliphatic rings. The molecule has 0 heterocycles. The maximum atomic E-state index is 6.00. The molecule has 0 fully saturated rings. The number of anilines is 1. The Kier molecular flexibility index (Phi) is 5.69. The highest BCUT2D eigenvalue weighted by molar-refractivity contribution is 6.30. The quantitative estimate of drug-likeness (QED) is 0.716. The highest BCUT2D eigenvalue weighted by atomic mass is 35.5. The van der Waals surface area contributed by atoms with Gasteiger partial charge in [0.15, 0.2) is 0 Å². The lowest BCUT2D eigenvalue weighted by atomic mass is 9.97. The lowest BCUT2D eigenvalue weighted by Gasteiger charge is -2.15. The van der Waals surface area contributed by atoms with E-state index in [1.165, 1.54) is 11.1 Å². The number of halogens is 1. The van der Waals surface area contributed by atoms with Crippen molar-refractivity contribution in [1.29, 1.82) is 0 Å². The fraction of sp³-hybridized carbons (Fsp3) is 0.368. The van der Waals surface area contributed by atoms with E-state index in [2.05, 4.69) is 50.4 Å². The van der Waals surface area contributed by atoms with Crippen molar-refractivity contribution in [1.82, 2.24) is 0 Å². The third-order valence-electron chi connectivity index (χ3n) is 3.63. The van der Waals surface area contributed by atoms with E-state index in [1.54, 1.807) is 0 Å². The summed E-state index contributed by atoms with van der Waals surface area (Å²) in [5.41, 5.74) is 3.87. The van der Waals surface area contributed by atoms with E-state index in [1.807, 2.05) is 24.3 Å². The minimum atomic E-state index is 0.470. The van der Waals surface area contributed by atoms with Gasteiger partial charge in [-0.2, -0.15) is 0 Å². The maximum Gasteiger partial charge on any atom is 0.0426 e. The van der Waals surface area contributed by atoms with Gasteiger partial charge in [-0.25, -0.2) is 0 Å². The van der Waals surface area contributed by atoms with Crippen molar-refractivity contribution >= 4 is 17.3 Å². The minimum Gasteiger partial charge on any atom is -0.384 e. The molecule has 1 nitrogen and oxygen atoms in total. The Morgan fingerprint density at radius 1 is 1.00 bits per heavy atom. The van der Waals surface area contributed by atoms with E-state index >= 15 is 0 Å². The summed E-state index contributed by atoms with van der Waals surface area (Å²) in [4.78, 5) is 0. The second-order valence-corrected chi connectivity index (χ2v) is 6.57. The van der Waals surface area contributed by atoms with Gasteiger partial charge in [0.25, 0.3) is 0 Å². The summed E-state index contributed by atoms with van der Waals surface area (Å²) in [5, 5.41) is 4.22. The third kappa shape index (κ3) is 5.09. The van der Waals surface area contributed by atoms with Crippen LogP contribution in [-0.2, 0) is 6.42 Å². The minimum absolute atomic E-state index is 0.470. The van der Waals surface area contributed by atoms with Crippen LogP contribution in [0, 0.1) is 5.92 Å². The van der Waals surface area contributed by atoms with Crippen LogP contribution in [0.1, 0.15) is 37.8 Å². The molecule has 1 N–H and O–H groups in total. The second-order valence-electron chi connectivity index (χ2n) is 6.13. The van der Waals surface area contributed by atoms with Crippen molar-refractivity contribution in [2.45, 2.75) is 33.1 Å². The van der Waals surface area contributed by atoms with Gasteiger partial charge >= 0.3 is 0 Å². The monoisotopic (exact) mass is 301 g/mol. The highest BCUT2D eigenvalue weighted by Gasteiger charge is 2.06. The van der Waals surface area contributed by atoms with Gasteiger partial charge < -0.3 is 5.32 Å². The van der Waals surface area contributed by atoms with E-state index in [4.69, 9.17) is 11.6 Å². The molecule has 2 rings (SSSR count). The van der Waals surface area contributed by atoms with Crippen LogP contribution in [0.15, 0.2) is 48.5 Å². The zero-order valence-electron chi connectivity index (χ0n) is 13.1. The first-order chi connectivity index (χ1) is 10.0. The highest BCUT2D eigenvalue weighted by Crippen LogP contribution is 2.20. The molecule has 0 spiro atoms. The predicted molar refractivity (Wildman–Crippen MR) is 93.3 cm³/mol. The van der Waals surface area contributed by atoms with Gasteiger partial charge in [0.2, 0.25) is 0 Å². The van der Waals surface area contributed by atoms with Gasteiger partial charge in [0, 0.05) is 17.3 Å². The SMILES string of the molecule is CC(C)Cc1ccc(C(C)CNc2cccc(Cl)c2)cc1. The Morgan fingerprint density at radius 2 is 1.71 bits per heavy atom. The predicted octanol–water partition coefficient (Wildman–Crippen LogP) is 5.75. The Labute approximate surface area is 133 Å². The van der Waals surface area contributed by atoms with Crippen LogP contribution >= 0.6 is 11.6 Å². The average Bonchev–Trinajstić information content (AvgIpc) is 2.45. The summed E-state index contributed by atoms with van der Waals surface area (Å²) in [6.45, 7) is 7.66. The van der Waals surface area contributed by atoms with E-state index < -0.39 is 0 Å². The van der Waals surface area contributed by atoms with Crippen molar-refractivity contribution in [3.8, 4) is 0 Å². The Morgan fingerprint density at radius 3 is 2.33 bits per heavy atom. The van der Waals surface area contributed by atoms with Crippen LogP contribution in [0.4, 0.5) is 5.69 Å². The topological polar surface area (TPSA) is 12.0 Å². The fourth-order valence-electron chi connectivity index (χ4n) is 2.44. The molecule has 1 unspecified atom stereocenters. The van der Waals surface area contributed by atoms with Crippen molar-refractivity contribution in [2.75, 3.05) is 11.9 Å². The lowest BCUT2D eigenvalue weighted by molar-refractivity contribution is 0.647. The van der Waals surface area contributed by atoms with Crippen LogP contribution in [0.25, 0.3) is 0 Å². The summed E-state index contributed by atoms with van der Waals surface area (Å²) in [7, 11) is 0. The molecule has 0 bridgehead atoms. The molecular formula is C19H24ClN. The van der Waals surface area contributed by atoms with Crippen molar-refractivity contribution in [2.24, 2.45) is 5.92 Å². The first-order valence-electron chi connectivity index (χ1n) is 7.63. The average molecular weight is 302 g/mol. The van der Waals surface area contributed by atoms with Gasteiger partial charge in [0.1, 0.15) is 0 Å². The molecule has 0 aliphatic heterocycles. The molecule has 2 aromatic carbocycles. The van der Waals surface area contributed by atoms with Crippen LogP contribution in [-0.4, -0.2) is 6.54 Å². The normalized spacial score (nSPS) is 12.4. The molecule has 0 amide bonds. The zero-order valence-corrected chi connectivity index (χ0v) is 13.8. The molecule has 2 aromatic rings. The van der Waals surface area contributed by atoms with E-state index in [0.29, 0.717) is 11.8 Å².